The third-order valence-corrected chi connectivity index (χ3v) is 3.06. The number of aliphatic imine (C=N–C) groups is 1. The van der Waals surface area contributed by atoms with Crippen molar-refractivity contribution in [2.75, 3.05) is 5.32 Å². The van der Waals surface area contributed by atoms with Gasteiger partial charge >= 0.3 is 0 Å². The Morgan fingerprint density at radius 2 is 2.15 bits per heavy atom. The molecule has 104 valence electrons. The highest BCUT2D eigenvalue weighted by Gasteiger charge is 2.12. The van der Waals surface area contributed by atoms with Crippen molar-refractivity contribution in [2.24, 2.45) is 4.99 Å². The molecule has 1 aromatic rings. The van der Waals surface area contributed by atoms with Gasteiger partial charge in [-0.1, -0.05) is 17.2 Å². The molecule has 1 aliphatic heterocycles. The Morgan fingerprint density at radius 1 is 1.40 bits per heavy atom. The average Bonchev–Trinajstić information content (AvgIpc) is 2.50. The number of nitrogens with zero attached hydrogens (tertiary/aromatic N) is 1. The standard InChI is InChI=1S/C15H14ClFN2O/c1-9-5-10(2)18-15(8-20)14(6-9)19-13-4-3-11(16)7-12(13)17/h3-4,6-8,19H,5H2,1-2H3. The zero-order chi connectivity index (χ0) is 14.7. The lowest BCUT2D eigenvalue weighted by atomic mass is 10.1. The number of halogens is 2. The first kappa shape index (κ1) is 14.5. The number of allylic oxidation sites excluding steroid dienone is 3. The minimum absolute atomic E-state index is 0.252. The van der Waals surface area contributed by atoms with Crippen LogP contribution in [-0.2, 0) is 4.79 Å². The summed E-state index contributed by atoms with van der Waals surface area (Å²) in [5.74, 6) is -0.480. The topological polar surface area (TPSA) is 41.5 Å². The van der Waals surface area contributed by atoms with Crippen molar-refractivity contribution in [1.29, 1.82) is 0 Å². The molecule has 5 heteroatoms. The molecule has 20 heavy (non-hydrogen) atoms. The molecule has 0 bridgehead atoms. The molecule has 0 aromatic heterocycles. The van der Waals surface area contributed by atoms with Gasteiger partial charge in [0, 0.05) is 17.2 Å². The summed E-state index contributed by atoms with van der Waals surface area (Å²) >= 11 is 5.71. The number of hydrogen-bond acceptors (Lipinski definition) is 3. The molecule has 0 atom stereocenters. The van der Waals surface area contributed by atoms with Gasteiger partial charge in [0.1, 0.15) is 11.5 Å². The van der Waals surface area contributed by atoms with Crippen molar-refractivity contribution >= 4 is 29.3 Å². The number of nitrogens with one attached hydrogen (secondary N) is 1. The lowest BCUT2D eigenvalue weighted by Crippen LogP contribution is -2.03. The van der Waals surface area contributed by atoms with Gasteiger partial charge in [-0.15, -0.1) is 0 Å². The lowest BCUT2D eigenvalue weighted by Gasteiger charge is -2.10. The molecule has 1 aromatic carbocycles. The van der Waals surface area contributed by atoms with E-state index in [0.717, 1.165) is 11.3 Å². The highest BCUT2D eigenvalue weighted by Crippen LogP contribution is 2.23. The molecule has 0 radical (unpaired) electrons. The molecule has 2 rings (SSSR count). The van der Waals surface area contributed by atoms with E-state index >= 15 is 0 Å². The summed E-state index contributed by atoms with van der Waals surface area (Å²) in [6, 6.07) is 4.32. The second-order valence-electron chi connectivity index (χ2n) is 4.68. The van der Waals surface area contributed by atoms with Crippen molar-refractivity contribution < 1.29 is 9.18 Å². The summed E-state index contributed by atoms with van der Waals surface area (Å²) in [4.78, 5) is 15.4. The Kier molecular flexibility index (Phi) is 4.35. The van der Waals surface area contributed by atoms with E-state index in [4.69, 9.17) is 11.6 Å². The molecule has 1 N–H and O–H groups in total. The maximum Gasteiger partial charge on any atom is 0.170 e. The number of benzene rings is 1. The van der Waals surface area contributed by atoms with Gasteiger partial charge < -0.3 is 5.32 Å². The van der Waals surface area contributed by atoms with E-state index in [1.54, 1.807) is 12.1 Å². The molecule has 0 fully saturated rings. The Hall–Kier alpha value is -1.94. The second-order valence-corrected chi connectivity index (χ2v) is 5.12. The highest BCUT2D eigenvalue weighted by molar-refractivity contribution is 6.30. The number of anilines is 1. The zero-order valence-corrected chi connectivity index (χ0v) is 12.0. The summed E-state index contributed by atoms with van der Waals surface area (Å²) in [6.45, 7) is 3.79. The smallest absolute Gasteiger partial charge is 0.170 e. The Labute approximate surface area is 121 Å². The molecule has 1 heterocycles. The molecule has 0 unspecified atom stereocenters. The Balaban J connectivity index is 2.43. The number of rotatable bonds is 3. The van der Waals surface area contributed by atoms with Crippen LogP contribution in [0.5, 0.6) is 0 Å². The molecule has 1 aliphatic rings. The van der Waals surface area contributed by atoms with E-state index in [9.17, 15) is 9.18 Å². The van der Waals surface area contributed by atoms with Gasteiger partial charge in [-0.2, -0.15) is 0 Å². The van der Waals surface area contributed by atoms with E-state index in [1.807, 2.05) is 13.8 Å². The van der Waals surface area contributed by atoms with Gasteiger partial charge in [-0.25, -0.2) is 4.39 Å². The van der Waals surface area contributed by atoms with E-state index in [1.165, 1.54) is 12.1 Å². The van der Waals surface area contributed by atoms with Crippen LogP contribution in [0.25, 0.3) is 0 Å². The summed E-state index contributed by atoms with van der Waals surface area (Å²) < 4.78 is 13.8. The molecular weight excluding hydrogens is 279 g/mol. The Morgan fingerprint density at radius 3 is 2.80 bits per heavy atom. The van der Waals surface area contributed by atoms with Crippen molar-refractivity contribution in [1.82, 2.24) is 0 Å². The third kappa shape index (κ3) is 3.33. The van der Waals surface area contributed by atoms with Crippen LogP contribution < -0.4 is 5.32 Å². The van der Waals surface area contributed by atoms with Gasteiger partial charge in [-0.3, -0.25) is 9.79 Å². The van der Waals surface area contributed by atoms with Gasteiger partial charge in [0.05, 0.1) is 11.4 Å². The van der Waals surface area contributed by atoms with Gasteiger partial charge in [-0.05, 0) is 38.1 Å². The van der Waals surface area contributed by atoms with Crippen LogP contribution in [0, 0.1) is 5.82 Å². The fourth-order valence-corrected chi connectivity index (χ4v) is 2.16. The normalized spacial score (nSPS) is 15.4. The lowest BCUT2D eigenvalue weighted by molar-refractivity contribution is -0.105. The zero-order valence-electron chi connectivity index (χ0n) is 11.2. The van der Waals surface area contributed by atoms with E-state index < -0.39 is 5.82 Å². The van der Waals surface area contributed by atoms with Crippen LogP contribution in [0.4, 0.5) is 10.1 Å². The van der Waals surface area contributed by atoms with Gasteiger partial charge in [0.15, 0.2) is 6.29 Å². The minimum Gasteiger partial charge on any atom is -0.351 e. The van der Waals surface area contributed by atoms with Gasteiger partial charge in [0.25, 0.3) is 0 Å². The number of hydrogen-bond donors (Lipinski definition) is 1. The maximum absolute atomic E-state index is 13.8. The predicted octanol–water partition coefficient (Wildman–Crippen LogP) is 4.11. The quantitative estimate of drug-likeness (QED) is 0.852. The molecule has 0 saturated carbocycles. The van der Waals surface area contributed by atoms with Crippen LogP contribution in [0.3, 0.4) is 0 Å². The fraction of sp³-hybridized carbons (Fsp3) is 0.200. The first-order valence-electron chi connectivity index (χ1n) is 6.12. The van der Waals surface area contributed by atoms with Crippen LogP contribution in [0.2, 0.25) is 5.02 Å². The largest absolute Gasteiger partial charge is 0.351 e. The highest BCUT2D eigenvalue weighted by atomic mass is 35.5. The monoisotopic (exact) mass is 292 g/mol. The maximum atomic E-state index is 13.8. The molecule has 0 aliphatic carbocycles. The van der Waals surface area contributed by atoms with Crippen LogP contribution >= 0.6 is 11.6 Å². The summed E-state index contributed by atoms with van der Waals surface area (Å²) in [5.41, 5.74) is 2.88. The summed E-state index contributed by atoms with van der Waals surface area (Å²) in [5, 5.41) is 3.22. The van der Waals surface area contributed by atoms with Crippen molar-refractivity contribution in [3.8, 4) is 0 Å². The van der Waals surface area contributed by atoms with E-state index in [0.29, 0.717) is 23.4 Å². The predicted molar refractivity (Wildman–Crippen MR) is 79.6 cm³/mol. The van der Waals surface area contributed by atoms with Crippen LogP contribution in [0.15, 0.2) is 46.2 Å². The molecule has 0 saturated heterocycles. The summed E-state index contributed by atoms with van der Waals surface area (Å²) in [6.07, 6.45) is 3.15. The molecule has 0 amide bonds. The van der Waals surface area contributed by atoms with Crippen molar-refractivity contribution in [2.45, 2.75) is 20.3 Å². The first-order valence-corrected chi connectivity index (χ1v) is 6.50. The molecule has 3 nitrogen and oxygen atoms in total. The van der Waals surface area contributed by atoms with Gasteiger partial charge in [0.2, 0.25) is 0 Å². The second kappa shape index (κ2) is 6.01. The average molecular weight is 293 g/mol. The molecular formula is C15H14ClFN2O. The van der Waals surface area contributed by atoms with Crippen LogP contribution in [-0.4, -0.2) is 12.0 Å². The number of carbonyl (C=O) groups excluding carboxylic acids is 1. The number of aldehydes is 1. The minimum atomic E-state index is -0.480. The SMILES string of the molecule is CC1=CC(Nc2ccc(Cl)cc2F)=C(C=O)N=C(C)C1. The third-order valence-electron chi connectivity index (χ3n) is 2.82. The van der Waals surface area contributed by atoms with Crippen molar-refractivity contribution in [3.05, 3.63) is 52.1 Å². The van der Waals surface area contributed by atoms with E-state index in [-0.39, 0.29) is 11.4 Å². The summed E-state index contributed by atoms with van der Waals surface area (Å²) in [7, 11) is 0. The van der Waals surface area contributed by atoms with Crippen LogP contribution in [0.1, 0.15) is 20.3 Å². The molecule has 0 spiro atoms. The first-order chi connectivity index (χ1) is 9.49. The van der Waals surface area contributed by atoms with E-state index in [2.05, 4.69) is 10.3 Å². The number of carbonyl (C=O) groups is 1. The fourth-order valence-electron chi connectivity index (χ4n) is 2.01. The van der Waals surface area contributed by atoms with Crippen molar-refractivity contribution in [3.63, 3.8) is 0 Å². The Bertz CT molecular complexity index is 647.